The highest BCUT2D eigenvalue weighted by Gasteiger charge is 2.05. The Bertz CT molecular complexity index is 309. The van der Waals surface area contributed by atoms with Crippen molar-refractivity contribution >= 4 is 17.6 Å². The van der Waals surface area contributed by atoms with Crippen LogP contribution in [0.15, 0.2) is 18.2 Å². The lowest BCUT2D eigenvalue weighted by Crippen LogP contribution is -1.96. The zero-order valence-corrected chi connectivity index (χ0v) is 6.88. The van der Waals surface area contributed by atoms with Crippen molar-refractivity contribution in [1.29, 1.82) is 0 Å². The third-order valence-corrected chi connectivity index (χ3v) is 1.82. The average molecular weight is 187 g/mol. The molecule has 0 aliphatic rings. The highest BCUT2D eigenvalue weighted by Crippen LogP contribution is 2.17. The van der Waals surface area contributed by atoms with Crippen LogP contribution >= 0.6 is 11.6 Å². The maximum absolute atomic E-state index is 10.4. The summed E-state index contributed by atoms with van der Waals surface area (Å²) in [5.74, 6) is -1.03. The van der Waals surface area contributed by atoms with Gasteiger partial charge in [-0.25, -0.2) is 4.79 Å². The second kappa shape index (κ2) is 3.56. The Morgan fingerprint density at radius 2 is 2.17 bits per heavy atom. The van der Waals surface area contributed by atoms with E-state index in [9.17, 15) is 4.79 Å². The summed E-state index contributed by atoms with van der Waals surface area (Å²) in [5, 5.41) is 17.5. The van der Waals surface area contributed by atoms with Crippen molar-refractivity contribution in [2.75, 3.05) is 0 Å². The van der Waals surface area contributed by atoms with Crippen LogP contribution in [0, 0.1) is 0 Å². The molecule has 0 saturated heterocycles. The molecule has 4 heteroatoms. The first-order valence-electron chi connectivity index (χ1n) is 3.27. The first-order valence-corrected chi connectivity index (χ1v) is 3.65. The molecule has 0 spiro atoms. The van der Waals surface area contributed by atoms with Gasteiger partial charge < -0.3 is 10.2 Å². The topological polar surface area (TPSA) is 57.5 Å². The number of benzene rings is 1. The van der Waals surface area contributed by atoms with Crippen molar-refractivity contribution < 1.29 is 15.0 Å². The molecule has 1 aromatic carbocycles. The summed E-state index contributed by atoms with van der Waals surface area (Å²) in [6.45, 7) is -0.182. The van der Waals surface area contributed by atoms with Gasteiger partial charge in [-0.1, -0.05) is 17.7 Å². The van der Waals surface area contributed by atoms with Crippen LogP contribution < -0.4 is 0 Å². The number of rotatable bonds is 2. The van der Waals surface area contributed by atoms with Crippen LogP contribution in [0.1, 0.15) is 15.9 Å². The van der Waals surface area contributed by atoms with Crippen LogP contribution in [0.4, 0.5) is 0 Å². The summed E-state index contributed by atoms with van der Waals surface area (Å²) in [4.78, 5) is 10.4. The fourth-order valence-electron chi connectivity index (χ4n) is 0.809. The molecule has 0 heterocycles. The molecule has 0 unspecified atom stereocenters. The standard InChI is InChI=1S/C8H7ClO3/c9-7-3-5(8(11)12)1-2-6(7)4-10/h1-3,10H,4H2,(H,11,12). The number of hydrogen-bond acceptors (Lipinski definition) is 2. The molecule has 12 heavy (non-hydrogen) atoms. The lowest BCUT2D eigenvalue weighted by Gasteiger charge is -2.00. The summed E-state index contributed by atoms with van der Waals surface area (Å²) >= 11 is 5.65. The molecule has 0 bridgehead atoms. The van der Waals surface area contributed by atoms with Crippen LogP contribution in [-0.2, 0) is 6.61 Å². The molecule has 0 fully saturated rings. The Morgan fingerprint density at radius 1 is 1.50 bits per heavy atom. The van der Waals surface area contributed by atoms with Gasteiger partial charge in [0.2, 0.25) is 0 Å². The normalized spacial score (nSPS) is 9.83. The Labute approximate surface area is 74.2 Å². The zero-order chi connectivity index (χ0) is 9.14. The summed E-state index contributed by atoms with van der Waals surface area (Å²) in [6.07, 6.45) is 0. The first-order chi connectivity index (χ1) is 5.65. The van der Waals surface area contributed by atoms with Crippen LogP contribution in [0.25, 0.3) is 0 Å². The monoisotopic (exact) mass is 186 g/mol. The number of aromatic carboxylic acids is 1. The predicted molar refractivity (Wildman–Crippen MR) is 44.3 cm³/mol. The molecule has 2 N–H and O–H groups in total. The maximum Gasteiger partial charge on any atom is 0.335 e. The molecule has 1 aromatic rings. The van der Waals surface area contributed by atoms with Crippen LogP contribution in [0.3, 0.4) is 0 Å². The predicted octanol–water partition coefficient (Wildman–Crippen LogP) is 1.53. The van der Waals surface area contributed by atoms with Crippen molar-refractivity contribution in [2.45, 2.75) is 6.61 Å². The van der Waals surface area contributed by atoms with E-state index < -0.39 is 5.97 Å². The maximum atomic E-state index is 10.4. The van der Waals surface area contributed by atoms with Gasteiger partial charge in [0.15, 0.2) is 0 Å². The Balaban J connectivity index is 3.10. The SMILES string of the molecule is O=C(O)c1ccc(CO)c(Cl)c1. The van der Waals surface area contributed by atoms with E-state index in [0.29, 0.717) is 5.56 Å². The minimum absolute atomic E-state index is 0.122. The molecule has 0 saturated carbocycles. The number of halogens is 1. The molecule has 0 aromatic heterocycles. The van der Waals surface area contributed by atoms with Gasteiger partial charge in [0.25, 0.3) is 0 Å². The van der Waals surface area contributed by atoms with Gasteiger partial charge in [0.1, 0.15) is 0 Å². The van der Waals surface area contributed by atoms with Crippen molar-refractivity contribution in [3.8, 4) is 0 Å². The molecule has 0 aliphatic carbocycles. The lowest BCUT2D eigenvalue weighted by molar-refractivity contribution is 0.0697. The summed E-state index contributed by atoms with van der Waals surface area (Å²) in [5.41, 5.74) is 0.652. The minimum Gasteiger partial charge on any atom is -0.478 e. The van der Waals surface area contributed by atoms with Crippen molar-refractivity contribution in [3.05, 3.63) is 34.3 Å². The average Bonchev–Trinajstić information content (AvgIpc) is 2.04. The second-order valence-corrected chi connectivity index (χ2v) is 2.68. The largest absolute Gasteiger partial charge is 0.478 e. The van der Waals surface area contributed by atoms with Gasteiger partial charge in [0.05, 0.1) is 12.2 Å². The molecule has 0 atom stereocenters. The molecule has 3 nitrogen and oxygen atoms in total. The van der Waals surface area contributed by atoms with Crippen LogP contribution in [-0.4, -0.2) is 16.2 Å². The highest BCUT2D eigenvalue weighted by molar-refractivity contribution is 6.31. The third kappa shape index (κ3) is 1.75. The first kappa shape index (κ1) is 9.03. The van der Waals surface area contributed by atoms with Crippen LogP contribution in [0.5, 0.6) is 0 Å². The fraction of sp³-hybridized carbons (Fsp3) is 0.125. The number of aliphatic hydroxyl groups is 1. The smallest absolute Gasteiger partial charge is 0.335 e. The van der Waals surface area contributed by atoms with Crippen molar-refractivity contribution in [1.82, 2.24) is 0 Å². The number of hydrogen-bond donors (Lipinski definition) is 2. The van der Waals surface area contributed by atoms with Crippen LogP contribution in [0.2, 0.25) is 5.02 Å². The Morgan fingerprint density at radius 3 is 2.58 bits per heavy atom. The molecular weight excluding hydrogens is 180 g/mol. The number of carboxylic acids is 1. The van der Waals surface area contributed by atoms with E-state index >= 15 is 0 Å². The lowest BCUT2D eigenvalue weighted by atomic mass is 10.1. The van der Waals surface area contributed by atoms with Crippen molar-refractivity contribution in [2.24, 2.45) is 0 Å². The van der Waals surface area contributed by atoms with E-state index in [1.807, 2.05) is 0 Å². The fourth-order valence-corrected chi connectivity index (χ4v) is 1.05. The van der Waals surface area contributed by atoms with Gasteiger partial charge in [-0.2, -0.15) is 0 Å². The molecule has 0 aliphatic heterocycles. The summed E-state index contributed by atoms with van der Waals surface area (Å²) in [6, 6.07) is 4.21. The molecule has 0 amide bonds. The minimum atomic E-state index is -1.03. The van der Waals surface area contributed by atoms with Gasteiger partial charge in [-0.15, -0.1) is 0 Å². The number of carboxylic acid groups (broad SMARTS) is 1. The van der Waals surface area contributed by atoms with E-state index in [0.717, 1.165) is 0 Å². The Kier molecular flexibility index (Phi) is 2.68. The van der Waals surface area contributed by atoms with Gasteiger partial charge in [-0.3, -0.25) is 0 Å². The molecule has 64 valence electrons. The third-order valence-electron chi connectivity index (χ3n) is 1.47. The van der Waals surface area contributed by atoms with E-state index in [1.54, 1.807) is 0 Å². The molecule has 0 radical (unpaired) electrons. The second-order valence-electron chi connectivity index (χ2n) is 2.27. The van der Waals surface area contributed by atoms with Gasteiger partial charge >= 0.3 is 5.97 Å². The quantitative estimate of drug-likeness (QED) is 0.737. The van der Waals surface area contributed by atoms with E-state index in [2.05, 4.69) is 0 Å². The van der Waals surface area contributed by atoms with Gasteiger partial charge in [-0.05, 0) is 17.7 Å². The number of carbonyl (C=O) groups is 1. The van der Waals surface area contributed by atoms with Gasteiger partial charge in [0, 0.05) is 5.02 Å². The van der Waals surface area contributed by atoms with E-state index in [4.69, 9.17) is 21.8 Å². The highest BCUT2D eigenvalue weighted by atomic mass is 35.5. The molecule has 1 rings (SSSR count). The zero-order valence-electron chi connectivity index (χ0n) is 6.12. The Hall–Kier alpha value is -1.06. The summed E-state index contributed by atoms with van der Waals surface area (Å²) in [7, 11) is 0. The summed E-state index contributed by atoms with van der Waals surface area (Å²) < 4.78 is 0. The van der Waals surface area contributed by atoms with E-state index in [1.165, 1.54) is 18.2 Å². The molecular formula is C8H7ClO3. The van der Waals surface area contributed by atoms with Crippen molar-refractivity contribution in [3.63, 3.8) is 0 Å². The van der Waals surface area contributed by atoms with E-state index in [-0.39, 0.29) is 17.2 Å². The number of aliphatic hydroxyl groups excluding tert-OH is 1.